The Bertz CT molecular complexity index is 415. The second-order valence-electron chi connectivity index (χ2n) is 4.97. The number of carboxylic acids is 1. The summed E-state index contributed by atoms with van der Waals surface area (Å²) in [5.41, 5.74) is 6.05. The summed E-state index contributed by atoms with van der Waals surface area (Å²) >= 11 is 0. The number of aryl methyl sites for hydroxylation is 1. The van der Waals surface area contributed by atoms with Gasteiger partial charge >= 0.3 is 5.97 Å². The van der Waals surface area contributed by atoms with Gasteiger partial charge in [-0.15, -0.1) is 0 Å². The Morgan fingerprint density at radius 1 is 1.44 bits per heavy atom. The van der Waals surface area contributed by atoms with Crippen LogP contribution in [-0.4, -0.2) is 22.7 Å². The van der Waals surface area contributed by atoms with Gasteiger partial charge in [-0.2, -0.15) is 0 Å². The molecule has 3 N–H and O–H groups in total. The largest absolute Gasteiger partial charge is 0.488 e. The van der Waals surface area contributed by atoms with Crippen molar-refractivity contribution in [2.45, 2.75) is 45.3 Å². The minimum Gasteiger partial charge on any atom is -0.488 e. The Balaban J connectivity index is 2.78. The average Bonchev–Trinajstić information content (AvgIpc) is 2.28. The third-order valence-corrected chi connectivity index (χ3v) is 2.77. The lowest BCUT2D eigenvalue weighted by atomic mass is 9.99. The molecule has 1 rings (SSSR count). The van der Waals surface area contributed by atoms with E-state index in [4.69, 9.17) is 15.6 Å². The molecule has 0 bridgehead atoms. The van der Waals surface area contributed by atoms with E-state index in [1.165, 1.54) is 0 Å². The molecule has 0 aliphatic heterocycles. The fourth-order valence-electron chi connectivity index (χ4n) is 1.85. The van der Waals surface area contributed by atoms with Crippen LogP contribution in [0.3, 0.4) is 0 Å². The first-order valence-electron chi connectivity index (χ1n) is 6.11. The fraction of sp³-hybridized carbons (Fsp3) is 0.500. The van der Waals surface area contributed by atoms with Crippen LogP contribution >= 0.6 is 0 Å². The maximum atomic E-state index is 10.8. The van der Waals surface area contributed by atoms with Gasteiger partial charge in [0, 0.05) is 6.42 Å². The maximum Gasteiger partial charge on any atom is 0.320 e. The SMILES string of the molecule is CCc1ccccc1OC(C)(C)CC(N)C(=O)O. The molecule has 0 aromatic heterocycles. The summed E-state index contributed by atoms with van der Waals surface area (Å²) < 4.78 is 5.90. The lowest BCUT2D eigenvalue weighted by molar-refractivity contribution is -0.139. The van der Waals surface area contributed by atoms with Crippen LogP contribution in [-0.2, 0) is 11.2 Å². The summed E-state index contributed by atoms with van der Waals surface area (Å²) in [5.74, 6) is -0.210. The zero-order valence-electron chi connectivity index (χ0n) is 11.1. The van der Waals surface area contributed by atoms with E-state index in [1.807, 2.05) is 38.1 Å². The van der Waals surface area contributed by atoms with Crippen LogP contribution in [0.1, 0.15) is 32.8 Å². The van der Waals surface area contributed by atoms with Crippen molar-refractivity contribution in [2.75, 3.05) is 0 Å². The highest BCUT2D eigenvalue weighted by Crippen LogP contribution is 2.25. The van der Waals surface area contributed by atoms with E-state index in [-0.39, 0.29) is 6.42 Å². The first-order chi connectivity index (χ1) is 8.35. The van der Waals surface area contributed by atoms with Gasteiger partial charge in [-0.05, 0) is 31.9 Å². The van der Waals surface area contributed by atoms with Crippen molar-refractivity contribution in [3.8, 4) is 5.75 Å². The van der Waals surface area contributed by atoms with Crippen LogP contribution in [0.15, 0.2) is 24.3 Å². The molecule has 0 saturated heterocycles. The van der Waals surface area contributed by atoms with Crippen LogP contribution in [0, 0.1) is 0 Å². The first kappa shape index (κ1) is 14.5. The molecule has 0 spiro atoms. The monoisotopic (exact) mass is 251 g/mol. The Morgan fingerprint density at radius 2 is 2.06 bits per heavy atom. The van der Waals surface area contributed by atoms with Gasteiger partial charge in [-0.3, -0.25) is 4.79 Å². The fourth-order valence-corrected chi connectivity index (χ4v) is 1.85. The molecule has 0 aliphatic carbocycles. The molecule has 4 heteroatoms. The lowest BCUT2D eigenvalue weighted by Gasteiger charge is -2.29. The zero-order valence-corrected chi connectivity index (χ0v) is 11.1. The van der Waals surface area contributed by atoms with Crippen molar-refractivity contribution in [1.29, 1.82) is 0 Å². The van der Waals surface area contributed by atoms with Crippen LogP contribution in [0.25, 0.3) is 0 Å². The van der Waals surface area contributed by atoms with Crippen LogP contribution < -0.4 is 10.5 Å². The van der Waals surface area contributed by atoms with Crippen molar-refractivity contribution in [3.05, 3.63) is 29.8 Å². The molecule has 1 aromatic rings. The minimum absolute atomic E-state index is 0.264. The van der Waals surface area contributed by atoms with E-state index in [0.717, 1.165) is 17.7 Å². The summed E-state index contributed by atoms with van der Waals surface area (Å²) in [6, 6.07) is 6.85. The third-order valence-electron chi connectivity index (χ3n) is 2.77. The summed E-state index contributed by atoms with van der Waals surface area (Å²) in [4.78, 5) is 10.8. The van der Waals surface area contributed by atoms with Crippen molar-refractivity contribution in [2.24, 2.45) is 5.73 Å². The predicted octanol–water partition coefficient (Wildman–Crippen LogP) is 2.21. The molecule has 0 radical (unpaired) electrons. The van der Waals surface area contributed by atoms with Gasteiger partial charge in [0.1, 0.15) is 17.4 Å². The molecule has 1 unspecified atom stereocenters. The number of carbonyl (C=O) groups is 1. The number of ether oxygens (including phenoxy) is 1. The number of benzene rings is 1. The lowest BCUT2D eigenvalue weighted by Crippen LogP contribution is -2.41. The van der Waals surface area contributed by atoms with Crippen LogP contribution in [0.5, 0.6) is 5.75 Å². The Labute approximate surface area is 108 Å². The molecule has 0 amide bonds. The minimum atomic E-state index is -1.00. The van der Waals surface area contributed by atoms with E-state index < -0.39 is 17.6 Å². The first-order valence-corrected chi connectivity index (χ1v) is 6.11. The molecule has 1 aromatic carbocycles. The molecule has 4 nitrogen and oxygen atoms in total. The van der Waals surface area contributed by atoms with Gasteiger partial charge in [0.05, 0.1) is 0 Å². The predicted molar refractivity (Wildman–Crippen MR) is 70.8 cm³/mol. The number of hydrogen-bond donors (Lipinski definition) is 2. The standard InChI is InChI=1S/C14H21NO3/c1-4-10-7-5-6-8-12(10)18-14(2,3)9-11(15)13(16)17/h5-8,11H,4,9,15H2,1-3H3,(H,16,17). The highest BCUT2D eigenvalue weighted by atomic mass is 16.5. The normalized spacial score (nSPS) is 13.1. The third kappa shape index (κ3) is 4.04. The van der Waals surface area contributed by atoms with E-state index in [1.54, 1.807) is 0 Å². The molecule has 100 valence electrons. The van der Waals surface area contributed by atoms with E-state index in [9.17, 15) is 4.79 Å². The summed E-state index contributed by atoms with van der Waals surface area (Å²) in [5, 5.41) is 8.83. The van der Waals surface area contributed by atoms with Crippen molar-refractivity contribution >= 4 is 5.97 Å². The van der Waals surface area contributed by atoms with Crippen LogP contribution in [0.4, 0.5) is 0 Å². The van der Waals surface area contributed by atoms with E-state index >= 15 is 0 Å². The van der Waals surface area contributed by atoms with Gasteiger partial charge in [-0.25, -0.2) is 0 Å². The number of hydrogen-bond acceptors (Lipinski definition) is 3. The Hall–Kier alpha value is -1.55. The molecule has 0 saturated carbocycles. The van der Waals surface area contributed by atoms with Crippen molar-refractivity contribution < 1.29 is 14.6 Å². The molecular weight excluding hydrogens is 230 g/mol. The maximum absolute atomic E-state index is 10.8. The molecule has 0 heterocycles. The smallest absolute Gasteiger partial charge is 0.320 e. The Kier molecular flexibility index (Phi) is 4.73. The number of aliphatic carboxylic acids is 1. The molecule has 0 aliphatic rings. The highest BCUT2D eigenvalue weighted by Gasteiger charge is 2.27. The van der Waals surface area contributed by atoms with Gasteiger partial charge in [0.15, 0.2) is 0 Å². The second-order valence-corrected chi connectivity index (χ2v) is 4.97. The summed E-state index contributed by atoms with van der Waals surface area (Å²) in [6.45, 7) is 5.75. The highest BCUT2D eigenvalue weighted by molar-refractivity contribution is 5.73. The number of rotatable bonds is 6. The van der Waals surface area contributed by atoms with Crippen molar-refractivity contribution in [1.82, 2.24) is 0 Å². The number of carboxylic acid groups (broad SMARTS) is 1. The molecule has 1 atom stereocenters. The van der Waals surface area contributed by atoms with Gasteiger partial charge in [0.25, 0.3) is 0 Å². The van der Waals surface area contributed by atoms with Gasteiger partial charge < -0.3 is 15.6 Å². The second kappa shape index (κ2) is 5.87. The molecule has 0 fully saturated rings. The van der Waals surface area contributed by atoms with E-state index in [2.05, 4.69) is 6.92 Å². The summed E-state index contributed by atoms with van der Waals surface area (Å²) in [7, 11) is 0. The molecular formula is C14H21NO3. The van der Waals surface area contributed by atoms with Crippen LogP contribution in [0.2, 0.25) is 0 Å². The van der Waals surface area contributed by atoms with Gasteiger partial charge in [-0.1, -0.05) is 25.1 Å². The average molecular weight is 251 g/mol. The Morgan fingerprint density at radius 3 is 2.61 bits per heavy atom. The van der Waals surface area contributed by atoms with Gasteiger partial charge in [0.2, 0.25) is 0 Å². The topological polar surface area (TPSA) is 72.5 Å². The number of nitrogens with two attached hydrogens (primary N) is 1. The van der Waals surface area contributed by atoms with Crippen molar-refractivity contribution in [3.63, 3.8) is 0 Å². The van der Waals surface area contributed by atoms with E-state index in [0.29, 0.717) is 0 Å². The quantitative estimate of drug-likeness (QED) is 0.813. The summed E-state index contributed by atoms with van der Waals surface area (Å²) in [6.07, 6.45) is 1.14. The zero-order chi connectivity index (χ0) is 13.8. The molecule has 18 heavy (non-hydrogen) atoms. The number of para-hydroxylation sites is 1.